The molecule has 2 amide bonds. The Kier molecular flexibility index (Phi) is 4.57. The summed E-state index contributed by atoms with van der Waals surface area (Å²) in [4.78, 5) is 30.1. The van der Waals surface area contributed by atoms with E-state index in [2.05, 4.69) is 15.4 Å². The number of carbonyl (C=O) groups is 2. The summed E-state index contributed by atoms with van der Waals surface area (Å²) in [6, 6.07) is 3.46. The van der Waals surface area contributed by atoms with Crippen molar-refractivity contribution >= 4 is 11.8 Å². The summed E-state index contributed by atoms with van der Waals surface area (Å²) in [6.45, 7) is 1.39. The van der Waals surface area contributed by atoms with E-state index < -0.39 is 0 Å². The lowest BCUT2D eigenvalue weighted by atomic mass is 10.1. The fourth-order valence-electron chi connectivity index (χ4n) is 2.60. The van der Waals surface area contributed by atoms with Gasteiger partial charge in [-0.3, -0.25) is 19.3 Å². The second kappa shape index (κ2) is 6.79. The lowest BCUT2D eigenvalue weighted by Crippen LogP contribution is -2.42. The monoisotopic (exact) mass is 329 g/mol. The van der Waals surface area contributed by atoms with Crippen molar-refractivity contribution in [3.05, 3.63) is 47.5 Å². The Morgan fingerprint density at radius 3 is 2.75 bits per heavy atom. The molecule has 3 heterocycles. The number of hydrogen-bond acceptors (Lipinski definition) is 5. The van der Waals surface area contributed by atoms with Crippen molar-refractivity contribution in [3.8, 4) is 0 Å². The second-order valence-electron chi connectivity index (χ2n) is 5.56. The van der Waals surface area contributed by atoms with Crippen LogP contribution in [-0.2, 0) is 11.8 Å². The normalized spacial score (nSPS) is 17.6. The standard InChI is InChI=1S/C16H19N5O3/c1-17-15(22)11-3-4-13(18-7-11)14-10-21(5-6-24-14)16(23)12-8-19-20(2)9-12/h3-4,7-9,14H,5-6,10H2,1-2H3,(H,17,22). The fourth-order valence-corrected chi connectivity index (χ4v) is 2.60. The summed E-state index contributed by atoms with van der Waals surface area (Å²) in [5.74, 6) is -0.259. The number of ether oxygens (including phenoxy) is 1. The van der Waals surface area contributed by atoms with Gasteiger partial charge in [0.1, 0.15) is 6.10 Å². The molecule has 1 atom stereocenters. The molecular weight excluding hydrogens is 310 g/mol. The van der Waals surface area contributed by atoms with Crippen LogP contribution in [0.15, 0.2) is 30.7 Å². The van der Waals surface area contributed by atoms with Gasteiger partial charge in [0.15, 0.2) is 0 Å². The fraction of sp³-hybridized carbons (Fsp3) is 0.375. The zero-order valence-electron chi connectivity index (χ0n) is 13.6. The van der Waals surface area contributed by atoms with Crippen LogP contribution in [0.4, 0.5) is 0 Å². The van der Waals surface area contributed by atoms with Gasteiger partial charge in [-0.1, -0.05) is 0 Å². The molecule has 0 aromatic carbocycles. The number of amides is 2. The van der Waals surface area contributed by atoms with Crippen LogP contribution in [0.25, 0.3) is 0 Å². The zero-order chi connectivity index (χ0) is 17.1. The predicted octanol–water partition coefficient (Wildman–Crippen LogP) is 0.388. The molecule has 0 aliphatic carbocycles. The van der Waals surface area contributed by atoms with Crippen molar-refractivity contribution in [2.45, 2.75) is 6.10 Å². The number of carbonyl (C=O) groups excluding carboxylic acids is 2. The number of morpholine rings is 1. The molecule has 2 aromatic heterocycles. The minimum Gasteiger partial charge on any atom is -0.368 e. The van der Waals surface area contributed by atoms with Crippen LogP contribution in [0.5, 0.6) is 0 Å². The van der Waals surface area contributed by atoms with E-state index in [1.165, 1.54) is 6.20 Å². The highest BCUT2D eigenvalue weighted by Crippen LogP contribution is 2.22. The van der Waals surface area contributed by atoms with Crippen molar-refractivity contribution in [2.24, 2.45) is 7.05 Å². The molecule has 3 rings (SSSR count). The first kappa shape index (κ1) is 16.1. The molecule has 24 heavy (non-hydrogen) atoms. The molecule has 1 aliphatic heterocycles. The Labute approximate surface area is 139 Å². The van der Waals surface area contributed by atoms with Gasteiger partial charge in [0.2, 0.25) is 0 Å². The van der Waals surface area contributed by atoms with Gasteiger partial charge in [-0.2, -0.15) is 5.10 Å². The van der Waals surface area contributed by atoms with Gasteiger partial charge in [-0.05, 0) is 12.1 Å². The summed E-state index contributed by atoms with van der Waals surface area (Å²) < 4.78 is 7.34. The smallest absolute Gasteiger partial charge is 0.257 e. The van der Waals surface area contributed by atoms with Crippen LogP contribution >= 0.6 is 0 Å². The summed E-state index contributed by atoms with van der Waals surface area (Å²) in [7, 11) is 3.35. The number of nitrogens with one attached hydrogen (secondary N) is 1. The van der Waals surface area contributed by atoms with Crippen LogP contribution in [-0.4, -0.2) is 58.2 Å². The van der Waals surface area contributed by atoms with Gasteiger partial charge in [-0.25, -0.2) is 0 Å². The van der Waals surface area contributed by atoms with E-state index in [1.807, 2.05) is 0 Å². The number of aryl methyl sites for hydroxylation is 1. The summed E-state index contributed by atoms with van der Waals surface area (Å²) in [5.41, 5.74) is 1.74. The average molecular weight is 329 g/mol. The summed E-state index contributed by atoms with van der Waals surface area (Å²) in [5, 5.41) is 6.58. The molecule has 1 saturated heterocycles. The van der Waals surface area contributed by atoms with Crippen molar-refractivity contribution in [2.75, 3.05) is 26.7 Å². The highest BCUT2D eigenvalue weighted by Gasteiger charge is 2.27. The minimum atomic E-state index is -0.307. The Bertz CT molecular complexity index is 740. The van der Waals surface area contributed by atoms with Gasteiger partial charge >= 0.3 is 0 Å². The quantitative estimate of drug-likeness (QED) is 0.880. The Balaban J connectivity index is 1.71. The van der Waals surface area contributed by atoms with E-state index in [4.69, 9.17) is 4.74 Å². The lowest BCUT2D eigenvalue weighted by molar-refractivity contribution is -0.0247. The number of hydrogen-bond donors (Lipinski definition) is 1. The molecule has 8 heteroatoms. The maximum atomic E-state index is 12.5. The van der Waals surface area contributed by atoms with Crippen LogP contribution in [0.2, 0.25) is 0 Å². The molecular formula is C16H19N5O3. The van der Waals surface area contributed by atoms with Crippen LogP contribution in [0.1, 0.15) is 32.5 Å². The van der Waals surface area contributed by atoms with Crippen LogP contribution in [0, 0.1) is 0 Å². The maximum Gasteiger partial charge on any atom is 0.257 e. The number of pyridine rings is 1. The Morgan fingerprint density at radius 1 is 1.29 bits per heavy atom. The largest absolute Gasteiger partial charge is 0.368 e. The predicted molar refractivity (Wildman–Crippen MR) is 85.4 cm³/mol. The first-order valence-corrected chi connectivity index (χ1v) is 7.66. The molecule has 1 unspecified atom stereocenters. The number of rotatable bonds is 3. The second-order valence-corrected chi connectivity index (χ2v) is 5.56. The Morgan fingerprint density at radius 2 is 2.12 bits per heavy atom. The third-order valence-corrected chi connectivity index (χ3v) is 3.91. The SMILES string of the molecule is CNC(=O)c1ccc(C2CN(C(=O)c3cnn(C)c3)CCO2)nc1. The average Bonchev–Trinajstić information content (AvgIpc) is 3.07. The highest BCUT2D eigenvalue weighted by molar-refractivity contribution is 5.94. The zero-order valence-corrected chi connectivity index (χ0v) is 13.6. The summed E-state index contributed by atoms with van der Waals surface area (Å²) >= 11 is 0. The molecule has 1 aliphatic rings. The first-order chi connectivity index (χ1) is 11.6. The minimum absolute atomic E-state index is 0.0709. The molecule has 126 valence electrons. The highest BCUT2D eigenvalue weighted by atomic mass is 16.5. The molecule has 0 bridgehead atoms. The van der Waals surface area contributed by atoms with E-state index in [0.29, 0.717) is 36.5 Å². The Hall–Kier alpha value is -2.74. The topological polar surface area (TPSA) is 89.4 Å². The van der Waals surface area contributed by atoms with Crippen LogP contribution in [0.3, 0.4) is 0 Å². The van der Waals surface area contributed by atoms with Gasteiger partial charge < -0.3 is 15.0 Å². The number of aromatic nitrogens is 3. The molecule has 8 nitrogen and oxygen atoms in total. The molecule has 2 aromatic rings. The summed E-state index contributed by atoms with van der Waals surface area (Å²) in [6.07, 6.45) is 4.46. The molecule has 0 saturated carbocycles. The van der Waals surface area contributed by atoms with E-state index in [1.54, 1.807) is 48.2 Å². The van der Waals surface area contributed by atoms with Gasteiger partial charge in [0, 0.05) is 33.0 Å². The van der Waals surface area contributed by atoms with Crippen molar-refractivity contribution in [3.63, 3.8) is 0 Å². The first-order valence-electron chi connectivity index (χ1n) is 7.66. The van der Waals surface area contributed by atoms with Crippen molar-refractivity contribution in [1.82, 2.24) is 25.0 Å². The van der Waals surface area contributed by atoms with Crippen LogP contribution < -0.4 is 5.32 Å². The van der Waals surface area contributed by atoms with E-state index in [-0.39, 0.29) is 17.9 Å². The van der Waals surface area contributed by atoms with E-state index >= 15 is 0 Å². The third kappa shape index (κ3) is 3.28. The lowest BCUT2D eigenvalue weighted by Gasteiger charge is -2.32. The van der Waals surface area contributed by atoms with E-state index in [9.17, 15) is 9.59 Å². The van der Waals surface area contributed by atoms with Gasteiger partial charge in [0.25, 0.3) is 11.8 Å². The maximum absolute atomic E-state index is 12.5. The third-order valence-electron chi connectivity index (χ3n) is 3.91. The van der Waals surface area contributed by atoms with Crippen molar-refractivity contribution < 1.29 is 14.3 Å². The molecule has 1 N–H and O–H groups in total. The molecule has 1 fully saturated rings. The van der Waals surface area contributed by atoms with Gasteiger partial charge in [0.05, 0.1) is 36.2 Å². The molecule has 0 radical (unpaired) electrons. The van der Waals surface area contributed by atoms with Gasteiger partial charge in [-0.15, -0.1) is 0 Å². The van der Waals surface area contributed by atoms with Crippen molar-refractivity contribution in [1.29, 1.82) is 0 Å². The van der Waals surface area contributed by atoms with E-state index in [0.717, 1.165) is 0 Å². The molecule has 0 spiro atoms. The number of nitrogens with zero attached hydrogens (tertiary/aromatic N) is 4.